The topological polar surface area (TPSA) is 56.2 Å². The Kier molecular flexibility index (Phi) is 1.74. The molecule has 0 aliphatic carbocycles. The lowest BCUT2D eigenvalue weighted by Crippen LogP contribution is -2.17. The lowest BCUT2D eigenvalue weighted by atomic mass is 9.96. The number of rotatable bonds is 0. The normalized spacial score (nSPS) is 12.2. The summed E-state index contributed by atoms with van der Waals surface area (Å²) in [6, 6.07) is 5.63. The van der Waals surface area contributed by atoms with E-state index in [4.69, 9.17) is 5.73 Å². The number of fused-ring (bicyclic) bond motifs is 1. The highest BCUT2D eigenvalue weighted by Crippen LogP contribution is 2.22. The number of pyridine rings is 1. The standard InChI is InChI=1S/C10H14N4/c1-10(2,3)9-13-12-8-6-4-5-7(11)14(8)9/h4-6H,11H2,1-3H3. The Balaban J connectivity index is 2.80. The highest BCUT2D eigenvalue weighted by atomic mass is 15.3. The van der Waals surface area contributed by atoms with Crippen LogP contribution in [0.5, 0.6) is 0 Å². The summed E-state index contributed by atoms with van der Waals surface area (Å²) in [7, 11) is 0. The third kappa shape index (κ3) is 1.23. The van der Waals surface area contributed by atoms with Gasteiger partial charge in [-0.3, -0.25) is 4.40 Å². The van der Waals surface area contributed by atoms with Gasteiger partial charge in [0.15, 0.2) is 5.65 Å². The molecule has 4 heteroatoms. The largest absolute Gasteiger partial charge is 0.385 e. The van der Waals surface area contributed by atoms with Crippen LogP contribution < -0.4 is 5.73 Å². The molecule has 14 heavy (non-hydrogen) atoms. The van der Waals surface area contributed by atoms with Crippen molar-refractivity contribution < 1.29 is 0 Å². The molecule has 0 amide bonds. The van der Waals surface area contributed by atoms with E-state index in [0.717, 1.165) is 11.5 Å². The van der Waals surface area contributed by atoms with E-state index in [2.05, 4.69) is 31.0 Å². The second-order valence-corrected chi connectivity index (χ2v) is 4.42. The predicted octanol–water partition coefficient (Wildman–Crippen LogP) is 1.61. The molecule has 0 spiro atoms. The minimum Gasteiger partial charge on any atom is -0.385 e. The van der Waals surface area contributed by atoms with Gasteiger partial charge in [0, 0.05) is 5.41 Å². The molecule has 74 valence electrons. The van der Waals surface area contributed by atoms with E-state index in [9.17, 15) is 0 Å². The van der Waals surface area contributed by atoms with Crippen LogP contribution in [0.2, 0.25) is 0 Å². The molecule has 2 heterocycles. The molecule has 0 saturated carbocycles. The molecular weight excluding hydrogens is 176 g/mol. The first-order valence-corrected chi connectivity index (χ1v) is 4.60. The van der Waals surface area contributed by atoms with Crippen molar-refractivity contribution >= 4 is 11.5 Å². The fourth-order valence-electron chi connectivity index (χ4n) is 1.45. The first-order valence-electron chi connectivity index (χ1n) is 4.60. The Labute approximate surface area is 82.8 Å². The molecule has 2 aromatic heterocycles. The Morgan fingerprint density at radius 2 is 1.93 bits per heavy atom. The average molecular weight is 190 g/mol. The van der Waals surface area contributed by atoms with Crippen molar-refractivity contribution in [2.75, 3.05) is 5.73 Å². The summed E-state index contributed by atoms with van der Waals surface area (Å²) in [5, 5.41) is 8.24. The van der Waals surface area contributed by atoms with Crippen molar-refractivity contribution in [1.29, 1.82) is 0 Å². The Bertz CT molecular complexity index is 464. The van der Waals surface area contributed by atoms with Crippen LogP contribution in [-0.4, -0.2) is 14.6 Å². The smallest absolute Gasteiger partial charge is 0.162 e. The van der Waals surface area contributed by atoms with Crippen LogP contribution in [0.25, 0.3) is 5.65 Å². The zero-order valence-electron chi connectivity index (χ0n) is 8.65. The van der Waals surface area contributed by atoms with Crippen molar-refractivity contribution in [2.45, 2.75) is 26.2 Å². The van der Waals surface area contributed by atoms with Crippen molar-refractivity contribution in [3.63, 3.8) is 0 Å². The fraction of sp³-hybridized carbons (Fsp3) is 0.400. The molecule has 4 nitrogen and oxygen atoms in total. The Morgan fingerprint density at radius 3 is 2.57 bits per heavy atom. The van der Waals surface area contributed by atoms with Gasteiger partial charge in [0.05, 0.1) is 0 Å². The SMILES string of the molecule is CC(C)(C)c1nnc2cccc(N)n12. The third-order valence-electron chi connectivity index (χ3n) is 2.13. The van der Waals surface area contributed by atoms with Gasteiger partial charge in [-0.1, -0.05) is 26.8 Å². The summed E-state index contributed by atoms with van der Waals surface area (Å²) >= 11 is 0. The van der Waals surface area contributed by atoms with Gasteiger partial charge in [0.1, 0.15) is 11.6 Å². The van der Waals surface area contributed by atoms with Crippen LogP contribution >= 0.6 is 0 Å². The van der Waals surface area contributed by atoms with Crippen LogP contribution in [-0.2, 0) is 5.41 Å². The maximum atomic E-state index is 5.88. The first-order chi connectivity index (χ1) is 6.50. The van der Waals surface area contributed by atoms with Gasteiger partial charge in [-0.25, -0.2) is 0 Å². The van der Waals surface area contributed by atoms with E-state index in [1.807, 2.05) is 22.6 Å². The summed E-state index contributed by atoms with van der Waals surface area (Å²) in [4.78, 5) is 0. The number of aromatic nitrogens is 3. The fourth-order valence-corrected chi connectivity index (χ4v) is 1.45. The summed E-state index contributed by atoms with van der Waals surface area (Å²) in [6.45, 7) is 6.28. The summed E-state index contributed by atoms with van der Waals surface area (Å²) in [5.74, 6) is 1.57. The molecule has 0 aromatic carbocycles. The van der Waals surface area contributed by atoms with E-state index in [0.29, 0.717) is 5.82 Å². The van der Waals surface area contributed by atoms with Gasteiger partial charge in [0.25, 0.3) is 0 Å². The second kappa shape index (κ2) is 2.70. The van der Waals surface area contributed by atoms with Gasteiger partial charge < -0.3 is 5.73 Å². The van der Waals surface area contributed by atoms with Crippen molar-refractivity contribution in [3.05, 3.63) is 24.0 Å². The summed E-state index contributed by atoms with van der Waals surface area (Å²) in [5.41, 5.74) is 6.64. The van der Waals surface area contributed by atoms with Crippen LogP contribution in [0, 0.1) is 0 Å². The lowest BCUT2D eigenvalue weighted by Gasteiger charge is -2.16. The molecule has 0 aliphatic heterocycles. The number of nitrogens with zero attached hydrogens (tertiary/aromatic N) is 3. The molecule has 0 fully saturated rings. The number of nitrogens with two attached hydrogens (primary N) is 1. The zero-order valence-corrected chi connectivity index (χ0v) is 8.65. The molecular formula is C10H14N4. The molecule has 0 saturated heterocycles. The number of hydrogen-bond donors (Lipinski definition) is 1. The highest BCUT2D eigenvalue weighted by molar-refractivity contribution is 5.48. The minimum absolute atomic E-state index is 0.0467. The van der Waals surface area contributed by atoms with Crippen LogP contribution in [0.3, 0.4) is 0 Å². The van der Waals surface area contributed by atoms with Gasteiger partial charge in [-0.2, -0.15) is 0 Å². The van der Waals surface area contributed by atoms with Gasteiger partial charge in [-0.05, 0) is 12.1 Å². The van der Waals surface area contributed by atoms with Crippen LogP contribution in [0.1, 0.15) is 26.6 Å². The van der Waals surface area contributed by atoms with Crippen LogP contribution in [0.15, 0.2) is 18.2 Å². The van der Waals surface area contributed by atoms with Gasteiger partial charge in [-0.15, -0.1) is 10.2 Å². The first kappa shape index (κ1) is 8.99. The van der Waals surface area contributed by atoms with Gasteiger partial charge in [0.2, 0.25) is 0 Å². The number of nitrogen functional groups attached to an aromatic ring is 1. The molecule has 0 aliphatic rings. The maximum absolute atomic E-state index is 5.88. The van der Waals surface area contributed by atoms with E-state index in [1.54, 1.807) is 0 Å². The average Bonchev–Trinajstić information content (AvgIpc) is 2.47. The molecule has 2 N–H and O–H groups in total. The van der Waals surface area contributed by atoms with E-state index in [-0.39, 0.29) is 5.41 Å². The molecule has 2 aromatic rings. The molecule has 0 atom stereocenters. The van der Waals surface area contributed by atoms with Crippen molar-refractivity contribution in [1.82, 2.24) is 14.6 Å². The van der Waals surface area contributed by atoms with E-state index >= 15 is 0 Å². The summed E-state index contributed by atoms with van der Waals surface area (Å²) in [6.07, 6.45) is 0. The molecule has 0 unspecified atom stereocenters. The zero-order chi connectivity index (χ0) is 10.3. The van der Waals surface area contributed by atoms with Crippen molar-refractivity contribution in [2.24, 2.45) is 0 Å². The quantitative estimate of drug-likeness (QED) is 0.686. The predicted molar refractivity (Wildman–Crippen MR) is 56.1 cm³/mol. The number of anilines is 1. The molecule has 2 rings (SSSR count). The van der Waals surface area contributed by atoms with Crippen LogP contribution in [0.4, 0.5) is 5.82 Å². The third-order valence-corrected chi connectivity index (χ3v) is 2.13. The number of hydrogen-bond acceptors (Lipinski definition) is 3. The van der Waals surface area contributed by atoms with E-state index < -0.39 is 0 Å². The minimum atomic E-state index is -0.0467. The summed E-state index contributed by atoms with van der Waals surface area (Å²) < 4.78 is 1.89. The van der Waals surface area contributed by atoms with E-state index in [1.165, 1.54) is 0 Å². The van der Waals surface area contributed by atoms with Crippen molar-refractivity contribution in [3.8, 4) is 0 Å². The monoisotopic (exact) mass is 190 g/mol. The lowest BCUT2D eigenvalue weighted by molar-refractivity contribution is 0.540. The van der Waals surface area contributed by atoms with Gasteiger partial charge >= 0.3 is 0 Å². The molecule has 0 radical (unpaired) electrons. The highest BCUT2D eigenvalue weighted by Gasteiger charge is 2.21. The Morgan fingerprint density at radius 1 is 1.21 bits per heavy atom. The second-order valence-electron chi connectivity index (χ2n) is 4.42. The molecule has 0 bridgehead atoms. The Hall–Kier alpha value is -1.58. The maximum Gasteiger partial charge on any atom is 0.162 e.